The Morgan fingerprint density at radius 1 is 1.04 bits per heavy atom. The van der Waals surface area contributed by atoms with Crippen LogP contribution in [0.5, 0.6) is 0 Å². The lowest BCUT2D eigenvalue weighted by molar-refractivity contribution is 0.0952. The molecule has 0 saturated heterocycles. The third kappa shape index (κ3) is 4.42. The van der Waals surface area contributed by atoms with Crippen molar-refractivity contribution in [1.82, 2.24) is 15.1 Å². The highest BCUT2D eigenvalue weighted by Crippen LogP contribution is 2.18. The van der Waals surface area contributed by atoms with E-state index in [-0.39, 0.29) is 5.91 Å². The second-order valence-electron chi connectivity index (χ2n) is 6.82. The number of carbonyl (C=O) groups is 1. The minimum atomic E-state index is -0.0556. The van der Waals surface area contributed by atoms with Crippen LogP contribution in [0.1, 0.15) is 35.1 Å². The topological polar surface area (TPSA) is 50.2 Å². The van der Waals surface area contributed by atoms with Crippen molar-refractivity contribution in [2.75, 3.05) is 24.5 Å². The first-order valence-corrected chi connectivity index (χ1v) is 9.81. The molecule has 0 fully saturated rings. The second-order valence-corrected chi connectivity index (χ2v) is 6.82. The first-order valence-electron chi connectivity index (χ1n) is 9.81. The minimum absolute atomic E-state index is 0.0556. The van der Waals surface area contributed by atoms with Crippen LogP contribution in [0.15, 0.2) is 60.7 Å². The average Bonchev–Trinajstić information content (AvgIpc) is 3.03. The molecule has 1 aromatic heterocycles. The predicted octanol–water partition coefficient (Wildman–Crippen LogP) is 4.14. The van der Waals surface area contributed by atoms with Crippen LogP contribution >= 0.6 is 0 Å². The van der Waals surface area contributed by atoms with Gasteiger partial charge in [0.05, 0.1) is 22.6 Å². The second kappa shape index (κ2) is 9.22. The van der Waals surface area contributed by atoms with Gasteiger partial charge in [-0.25, -0.2) is 4.68 Å². The summed E-state index contributed by atoms with van der Waals surface area (Å²) < 4.78 is 1.83. The zero-order chi connectivity index (χ0) is 19.9. The van der Waals surface area contributed by atoms with E-state index in [9.17, 15) is 4.79 Å². The van der Waals surface area contributed by atoms with Gasteiger partial charge in [-0.2, -0.15) is 5.10 Å². The number of anilines is 1. The van der Waals surface area contributed by atoms with Crippen molar-refractivity contribution in [2.24, 2.45) is 0 Å². The number of rotatable bonds is 8. The third-order valence-corrected chi connectivity index (χ3v) is 4.91. The Morgan fingerprint density at radius 2 is 1.68 bits per heavy atom. The molecule has 1 heterocycles. The molecule has 1 N–H and O–H groups in total. The summed E-state index contributed by atoms with van der Waals surface area (Å²) in [6.07, 6.45) is 0.888. The van der Waals surface area contributed by atoms with Gasteiger partial charge in [0, 0.05) is 25.3 Å². The van der Waals surface area contributed by atoms with Crippen LogP contribution in [0, 0.1) is 13.8 Å². The number of aromatic nitrogens is 2. The molecule has 0 atom stereocenters. The molecule has 0 aliphatic rings. The molecule has 5 nitrogen and oxygen atoms in total. The fourth-order valence-corrected chi connectivity index (χ4v) is 3.46. The van der Waals surface area contributed by atoms with E-state index in [1.807, 2.05) is 54.9 Å². The molecule has 3 rings (SSSR count). The number of hydrogen-bond acceptors (Lipinski definition) is 3. The van der Waals surface area contributed by atoms with Crippen LogP contribution < -0.4 is 10.2 Å². The van der Waals surface area contributed by atoms with E-state index in [1.165, 1.54) is 5.69 Å². The summed E-state index contributed by atoms with van der Waals surface area (Å²) in [4.78, 5) is 15.1. The van der Waals surface area contributed by atoms with E-state index in [1.54, 1.807) is 0 Å². The molecule has 0 unspecified atom stereocenters. The number of aryl methyl sites for hydroxylation is 1. The summed E-state index contributed by atoms with van der Waals surface area (Å²) in [6, 6.07) is 20.3. The Hall–Kier alpha value is -3.08. The van der Waals surface area contributed by atoms with Gasteiger partial charge >= 0.3 is 0 Å². The smallest absolute Gasteiger partial charge is 0.255 e. The van der Waals surface area contributed by atoms with Crippen molar-refractivity contribution in [3.63, 3.8) is 0 Å². The highest BCUT2D eigenvalue weighted by Gasteiger charge is 2.19. The molecular formula is C23H28N4O. The average molecular weight is 377 g/mol. The normalized spacial score (nSPS) is 10.7. The fraction of sp³-hybridized carbons (Fsp3) is 0.304. The van der Waals surface area contributed by atoms with E-state index >= 15 is 0 Å². The number of amides is 1. The molecule has 5 heteroatoms. The molecular weight excluding hydrogens is 348 g/mol. The first kappa shape index (κ1) is 19.7. The Kier molecular flexibility index (Phi) is 6.48. The van der Waals surface area contributed by atoms with E-state index in [0.717, 1.165) is 36.6 Å². The number of para-hydroxylation sites is 2. The summed E-state index contributed by atoms with van der Waals surface area (Å²) in [5, 5.41) is 7.62. The molecule has 2 aromatic carbocycles. The molecule has 0 radical (unpaired) electrons. The molecule has 0 aliphatic heterocycles. The monoisotopic (exact) mass is 376 g/mol. The lowest BCUT2D eigenvalue weighted by Crippen LogP contribution is -2.30. The van der Waals surface area contributed by atoms with Gasteiger partial charge in [0.15, 0.2) is 0 Å². The lowest BCUT2D eigenvalue weighted by Gasteiger charge is -2.23. The molecule has 0 spiro atoms. The summed E-state index contributed by atoms with van der Waals surface area (Å²) in [5.41, 5.74) is 4.45. The Balaban J connectivity index is 1.59. The van der Waals surface area contributed by atoms with Crippen LogP contribution in [0.2, 0.25) is 0 Å². The number of nitrogens with zero attached hydrogens (tertiary/aromatic N) is 3. The largest absolute Gasteiger partial charge is 0.372 e. The summed E-state index contributed by atoms with van der Waals surface area (Å²) in [6.45, 7) is 8.46. The third-order valence-electron chi connectivity index (χ3n) is 4.91. The van der Waals surface area contributed by atoms with Gasteiger partial charge in [0.2, 0.25) is 0 Å². The predicted molar refractivity (Wildman–Crippen MR) is 114 cm³/mol. The highest BCUT2D eigenvalue weighted by molar-refractivity contribution is 5.96. The van der Waals surface area contributed by atoms with Gasteiger partial charge in [-0.3, -0.25) is 4.79 Å². The Labute approximate surface area is 167 Å². The SMILES string of the molecule is CCN(CCCNC(=O)c1c(C)nn(-c2ccccc2)c1C)c1ccccc1. The van der Waals surface area contributed by atoms with Gasteiger partial charge in [0.1, 0.15) is 0 Å². The number of hydrogen-bond donors (Lipinski definition) is 1. The summed E-state index contributed by atoms with van der Waals surface area (Å²) in [5.74, 6) is -0.0556. The van der Waals surface area contributed by atoms with Crippen molar-refractivity contribution in [3.8, 4) is 5.69 Å². The van der Waals surface area contributed by atoms with E-state index in [0.29, 0.717) is 12.1 Å². The van der Waals surface area contributed by atoms with Gasteiger partial charge < -0.3 is 10.2 Å². The van der Waals surface area contributed by atoms with Gasteiger partial charge in [-0.15, -0.1) is 0 Å². The quantitative estimate of drug-likeness (QED) is 0.601. The molecule has 0 bridgehead atoms. The zero-order valence-corrected chi connectivity index (χ0v) is 16.9. The number of benzene rings is 2. The van der Waals surface area contributed by atoms with Gasteiger partial charge in [-0.05, 0) is 51.5 Å². The standard InChI is InChI=1S/C23H28N4O/c1-4-26(20-12-7-5-8-13-20)17-11-16-24-23(28)22-18(2)25-27(19(22)3)21-14-9-6-10-15-21/h5-10,12-15H,4,11,16-17H2,1-3H3,(H,24,28). The molecule has 146 valence electrons. The van der Waals surface area contributed by atoms with Crippen molar-refractivity contribution in [3.05, 3.63) is 77.6 Å². The lowest BCUT2D eigenvalue weighted by atomic mass is 10.2. The molecule has 0 saturated carbocycles. The van der Waals surface area contributed by atoms with Crippen LogP contribution in [-0.2, 0) is 0 Å². The maximum atomic E-state index is 12.7. The van der Waals surface area contributed by atoms with Crippen molar-refractivity contribution >= 4 is 11.6 Å². The minimum Gasteiger partial charge on any atom is -0.372 e. The number of carbonyl (C=O) groups excluding carboxylic acids is 1. The summed E-state index contributed by atoms with van der Waals surface area (Å²) in [7, 11) is 0. The maximum absolute atomic E-state index is 12.7. The van der Waals surface area contributed by atoms with Crippen LogP contribution in [0.3, 0.4) is 0 Å². The molecule has 1 amide bonds. The van der Waals surface area contributed by atoms with Crippen LogP contribution in [0.25, 0.3) is 5.69 Å². The van der Waals surface area contributed by atoms with Crippen molar-refractivity contribution in [1.29, 1.82) is 0 Å². The van der Waals surface area contributed by atoms with Crippen molar-refractivity contribution < 1.29 is 4.79 Å². The van der Waals surface area contributed by atoms with E-state index in [4.69, 9.17) is 0 Å². The maximum Gasteiger partial charge on any atom is 0.255 e. The highest BCUT2D eigenvalue weighted by atomic mass is 16.1. The number of nitrogens with one attached hydrogen (secondary N) is 1. The van der Waals surface area contributed by atoms with Crippen molar-refractivity contribution in [2.45, 2.75) is 27.2 Å². The molecule has 3 aromatic rings. The first-order chi connectivity index (χ1) is 13.6. The van der Waals surface area contributed by atoms with E-state index < -0.39 is 0 Å². The van der Waals surface area contributed by atoms with E-state index in [2.05, 4.69) is 46.5 Å². The molecule has 0 aliphatic carbocycles. The fourth-order valence-electron chi connectivity index (χ4n) is 3.46. The van der Waals surface area contributed by atoms with Gasteiger partial charge in [-0.1, -0.05) is 36.4 Å². The molecule has 28 heavy (non-hydrogen) atoms. The Bertz CT molecular complexity index is 903. The summed E-state index contributed by atoms with van der Waals surface area (Å²) >= 11 is 0. The van der Waals surface area contributed by atoms with Crippen LogP contribution in [-0.4, -0.2) is 35.3 Å². The van der Waals surface area contributed by atoms with Gasteiger partial charge in [0.25, 0.3) is 5.91 Å². The zero-order valence-electron chi connectivity index (χ0n) is 16.9. The Morgan fingerprint density at radius 3 is 2.32 bits per heavy atom. The van der Waals surface area contributed by atoms with Crippen LogP contribution in [0.4, 0.5) is 5.69 Å².